The first-order valence-electron chi connectivity index (χ1n) is 8.66. The molecule has 2 heterocycles. The van der Waals surface area contributed by atoms with Gasteiger partial charge in [-0.1, -0.05) is 24.3 Å². The number of rotatable bonds is 3. The van der Waals surface area contributed by atoms with Gasteiger partial charge in [-0.05, 0) is 14.1 Å². The Morgan fingerprint density at radius 3 is 2.44 bits per heavy atom. The third-order valence-electron chi connectivity index (χ3n) is 5.09. The zero-order valence-corrected chi connectivity index (χ0v) is 15.9. The predicted molar refractivity (Wildman–Crippen MR) is 101 cm³/mol. The van der Waals surface area contributed by atoms with E-state index in [0.29, 0.717) is 18.7 Å². The minimum atomic E-state index is -1.46. The zero-order valence-electron chi connectivity index (χ0n) is 15.1. The van der Waals surface area contributed by atoms with Crippen LogP contribution in [0.15, 0.2) is 34.7 Å². The van der Waals surface area contributed by atoms with Gasteiger partial charge >= 0.3 is 0 Å². The maximum Gasteiger partial charge on any atom is 0.254 e. The van der Waals surface area contributed by atoms with Crippen LogP contribution in [0.2, 0.25) is 0 Å². The molecule has 0 aromatic heterocycles. The summed E-state index contributed by atoms with van der Waals surface area (Å²) in [6.45, 7) is 0.942. The van der Waals surface area contributed by atoms with Crippen molar-refractivity contribution in [3.63, 3.8) is 0 Å². The summed E-state index contributed by atoms with van der Waals surface area (Å²) in [4.78, 5) is 55.4. The lowest BCUT2D eigenvalue weighted by atomic mass is 9.78. The van der Waals surface area contributed by atoms with Gasteiger partial charge in [-0.3, -0.25) is 19.2 Å². The summed E-state index contributed by atoms with van der Waals surface area (Å²) in [5, 5.41) is 2.74. The lowest BCUT2D eigenvalue weighted by Crippen LogP contribution is -2.69. The molecule has 1 aliphatic carbocycles. The van der Waals surface area contributed by atoms with Crippen molar-refractivity contribution in [1.82, 2.24) is 15.1 Å². The molecule has 2 aliphatic heterocycles. The third kappa shape index (κ3) is 2.62. The largest absolute Gasteiger partial charge is 0.336 e. The fraction of sp³-hybridized carbons (Fsp3) is 0.368. The van der Waals surface area contributed by atoms with Crippen molar-refractivity contribution in [1.29, 1.82) is 0 Å². The second-order valence-corrected chi connectivity index (χ2v) is 8.17. The van der Waals surface area contributed by atoms with Crippen LogP contribution in [0, 0.1) is 0 Å². The molecule has 0 saturated carbocycles. The molecule has 4 rings (SSSR count). The van der Waals surface area contributed by atoms with Crippen LogP contribution in [-0.2, 0) is 9.59 Å². The standard InChI is InChI=1S/C19H19N3O4S/c1-21(2)7-8-22-9-13(23)20-19(18(22)26)10-27-17-14(19)15(24)11-5-3-4-6-12(11)16(17)25/h3-6H,7-10H2,1-2H3,(H,20,23)/t19-/m0/s1. The fourth-order valence-corrected chi connectivity index (χ4v) is 5.10. The number of likely N-dealkylation sites (N-methyl/N-ethyl adjacent to an activating group) is 1. The lowest BCUT2D eigenvalue weighted by Gasteiger charge is -2.41. The second-order valence-electron chi connectivity index (χ2n) is 7.18. The van der Waals surface area contributed by atoms with Gasteiger partial charge in [0.1, 0.15) is 0 Å². The average Bonchev–Trinajstić information content (AvgIpc) is 3.01. The number of thioether (sulfide) groups is 1. The predicted octanol–water partition coefficient (Wildman–Crippen LogP) is 0.325. The van der Waals surface area contributed by atoms with E-state index in [2.05, 4.69) is 5.32 Å². The molecule has 140 valence electrons. The number of carbonyl (C=O) groups excluding carboxylic acids is 4. The topological polar surface area (TPSA) is 86.8 Å². The number of piperazine rings is 1. The van der Waals surface area contributed by atoms with E-state index in [4.69, 9.17) is 0 Å². The van der Waals surface area contributed by atoms with Crippen LogP contribution in [0.1, 0.15) is 20.7 Å². The quantitative estimate of drug-likeness (QED) is 0.807. The molecule has 1 aromatic carbocycles. The first kappa shape index (κ1) is 17.9. The van der Waals surface area contributed by atoms with Gasteiger partial charge in [-0.2, -0.15) is 0 Å². The maximum atomic E-state index is 13.3. The van der Waals surface area contributed by atoms with Crippen molar-refractivity contribution in [3.05, 3.63) is 45.9 Å². The molecule has 8 heteroatoms. The Kier molecular flexibility index (Phi) is 4.20. The molecule has 2 amide bonds. The van der Waals surface area contributed by atoms with Gasteiger partial charge < -0.3 is 15.1 Å². The van der Waals surface area contributed by atoms with E-state index in [1.54, 1.807) is 24.3 Å². The molecule has 1 saturated heterocycles. The summed E-state index contributed by atoms with van der Waals surface area (Å²) in [7, 11) is 3.77. The maximum absolute atomic E-state index is 13.3. The highest BCUT2D eigenvalue weighted by Crippen LogP contribution is 2.46. The number of allylic oxidation sites excluding steroid dienone is 1. The molecule has 0 bridgehead atoms. The van der Waals surface area contributed by atoms with Crippen LogP contribution in [-0.4, -0.2) is 78.2 Å². The Hall–Kier alpha value is -2.45. The number of Topliss-reactive ketones (excluding diaryl/α,β-unsaturated/α-hetero) is 2. The van der Waals surface area contributed by atoms with E-state index in [9.17, 15) is 19.2 Å². The van der Waals surface area contributed by atoms with Crippen LogP contribution < -0.4 is 5.32 Å². The van der Waals surface area contributed by atoms with Gasteiger partial charge in [-0.15, -0.1) is 11.8 Å². The summed E-state index contributed by atoms with van der Waals surface area (Å²) in [6.07, 6.45) is 0. The highest BCUT2D eigenvalue weighted by Gasteiger charge is 2.58. The molecule has 3 aliphatic rings. The number of hydrogen-bond acceptors (Lipinski definition) is 6. The fourth-order valence-electron chi connectivity index (χ4n) is 3.75. The summed E-state index contributed by atoms with van der Waals surface area (Å²) in [5.74, 6) is -1.08. The van der Waals surface area contributed by atoms with Crippen LogP contribution >= 0.6 is 11.8 Å². The van der Waals surface area contributed by atoms with E-state index in [1.807, 2.05) is 19.0 Å². The van der Waals surface area contributed by atoms with E-state index < -0.39 is 5.54 Å². The normalized spacial score (nSPS) is 24.6. The first-order valence-corrected chi connectivity index (χ1v) is 9.65. The van der Waals surface area contributed by atoms with Gasteiger partial charge in [0.15, 0.2) is 11.3 Å². The first-order chi connectivity index (χ1) is 12.8. The minimum Gasteiger partial charge on any atom is -0.336 e. The van der Waals surface area contributed by atoms with E-state index in [0.717, 1.165) is 0 Å². The molecule has 27 heavy (non-hydrogen) atoms. The van der Waals surface area contributed by atoms with Crippen LogP contribution in [0.5, 0.6) is 0 Å². The van der Waals surface area contributed by atoms with Crippen molar-refractivity contribution >= 4 is 35.1 Å². The Balaban J connectivity index is 1.78. The van der Waals surface area contributed by atoms with Gasteiger partial charge in [0.2, 0.25) is 11.7 Å². The highest BCUT2D eigenvalue weighted by molar-refractivity contribution is 8.04. The van der Waals surface area contributed by atoms with E-state index >= 15 is 0 Å². The molecular formula is C19H19N3O4S. The third-order valence-corrected chi connectivity index (χ3v) is 6.35. The molecule has 0 radical (unpaired) electrons. The number of fused-ring (bicyclic) bond motifs is 2. The summed E-state index contributed by atoms with van der Waals surface area (Å²) < 4.78 is 0. The summed E-state index contributed by atoms with van der Waals surface area (Å²) in [5.41, 5.74) is -0.688. The van der Waals surface area contributed by atoms with E-state index in [1.165, 1.54) is 16.7 Å². The van der Waals surface area contributed by atoms with Crippen molar-refractivity contribution in [2.45, 2.75) is 5.54 Å². The van der Waals surface area contributed by atoms with Gasteiger partial charge in [0, 0.05) is 30.0 Å². The number of carbonyl (C=O) groups is 4. The minimum absolute atomic E-state index is 0.0412. The van der Waals surface area contributed by atoms with Crippen LogP contribution in [0.25, 0.3) is 0 Å². The Labute approximate surface area is 160 Å². The Morgan fingerprint density at radius 2 is 1.78 bits per heavy atom. The number of nitrogens with one attached hydrogen (secondary N) is 1. The van der Waals surface area contributed by atoms with Crippen LogP contribution in [0.3, 0.4) is 0 Å². The summed E-state index contributed by atoms with van der Waals surface area (Å²) >= 11 is 1.18. The Morgan fingerprint density at radius 1 is 1.11 bits per heavy atom. The smallest absolute Gasteiger partial charge is 0.254 e. The van der Waals surface area contributed by atoms with Crippen molar-refractivity contribution in [2.24, 2.45) is 0 Å². The molecule has 1 fully saturated rings. The number of amides is 2. The second kappa shape index (κ2) is 6.31. The molecule has 0 unspecified atom stereocenters. The molecule has 1 aromatic rings. The monoisotopic (exact) mass is 385 g/mol. The van der Waals surface area contributed by atoms with Gasteiger partial charge in [-0.25, -0.2) is 0 Å². The number of ketones is 2. The molecule has 1 atom stereocenters. The molecular weight excluding hydrogens is 366 g/mol. The molecule has 1 N–H and O–H groups in total. The van der Waals surface area contributed by atoms with Crippen LogP contribution in [0.4, 0.5) is 0 Å². The average molecular weight is 385 g/mol. The summed E-state index contributed by atoms with van der Waals surface area (Å²) in [6, 6.07) is 6.61. The number of hydrogen-bond donors (Lipinski definition) is 1. The number of benzene rings is 1. The molecule has 1 spiro atoms. The van der Waals surface area contributed by atoms with Crippen molar-refractivity contribution in [2.75, 3.05) is 39.5 Å². The van der Waals surface area contributed by atoms with Gasteiger partial charge in [0.05, 0.1) is 17.0 Å². The Bertz CT molecular complexity index is 923. The van der Waals surface area contributed by atoms with E-state index in [-0.39, 0.29) is 51.7 Å². The zero-order chi connectivity index (χ0) is 19.3. The highest BCUT2D eigenvalue weighted by atomic mass is 32.2. The molecule has 7 nitrogen and oxygen atoms in total. The SMILES string of the molecule is CN(C)CCN1CC(=O)N[C@]2(CSC3=C2C(=O)c2ccccc2C3=O)C1=O. The number of nitrogens with zero attached hydrogens (tertiary/aromatic N) is 2. The van der Waals surface area contributed by atoms with Crippen molar-refractivity contribution in [3.8, 4) is 0 Å². The lowest BCUT2D eigenvalue weighted by molar-refractivity contribution is -0.147. The van der Waals surface area contributed by atoms with Crippen molar-refractivity contribution < 1.29 is 19.2 Å². The van der Waals surface area contributed by atoms with Gasteiger partial charge in [0.25, 0.3) is 5.91 Å².